The Balaban J connectivity index is 1.65. The molecule has 0 aromatic heterocycles. The van der Waals surface area contributed by atoms with Gasteiger partial charge in [-0.15, -0.1) is 0 Å². The van der Waals surface area contributed by atoms with Gasteiger partial charge in [-0.05, 0) is 12.8 Å². The molecule has 2 aliphatic rings. The lowest BCUT2D eigenvalue weighted by atomic mass is 10.2. The van der Waals surface area contributed by atoms with Crippen LogP contribution in [0.3, 0.4) is 0 Å². The summed E-state index contributed by atoms with van der Waals surface area (Å²) in [5.41, 5.74) is 0. The van der Waals surface area contributed by atoms with Crippen LogP contribution in [-0.2, 0) is 9.47 Å². The smallest absolute Gasteiger partial charge is 0.409 e. The number of nitrogens with zero attached hydrogens (tertiary/aromatic N) is 2. The van der Waals surface area contributed by atoms with Crippen LogP contribution in [0.15, 0.2) is 0 Å². The van der Waals surface area contributed by atoms with E-state index in [0.717, 1.165) is 39.1 Å². The topological polar surface area (TPSA) is 62.2 Å². The van der Waals surface area contributed by atoms with Gasteiger partial charge in [0.05, 0.1) is 12.7 Å². The predicted octanol–water partition coefficient (Wildman–Crippen LogP) is -0.0881. The van der Waals surface area contributed by atoms with Gasteiger partial charge in [-0.2, -0.15) is 0 Å². The summed E-state index contributed by atoms with van der Waals surface area (Å²) in [6.45, 7) is 4.94. The molecule has 2 aliphatic heterocycles. The molecule has 0 aromatic carbocycles. The minimum Gasteiger partial charge on any atom is -0.447 e. The van der Waals surface area contributed by atoms with Crippen molar-refractivity contribution in [1.29, 1.82) is 0 Å². The summed E-state index contributed by atoms with van der Waals surface area (Å²) in [6.07, 6.45) is 2.37. The number of aliphatic hydroxyl groups excluding tert-OH is 1. The van der Waals surface area contributed by atoms with Crippen LogP contribution in [0.5, 0.6) is 0 Å². The molecular weight excluding hydrogens is 236 g/mol. The van der Waals surface area contributed by atoms with Gasteiger partial charge >= 0.3 is 6.09 Å². The molecule has 1 amide bonds. The van der Waals surface area contributed by atoms with Gasteiger partial charge in [-0.1, -0.05) is 0 Å². The molecule has 0 radical (unpaired) electrons. The molecule has 2 rings (SSSR count). The van der Waals surface area contributed by atoms with Gasteiger partial charge in [0.2, 0.25) is 0 Å². The molecule has 1 atom stereocenters. The number of rotatable bonds is 4. The molecule has 0 bridgehead atoms. The van der Waals surface area contributed by atoms with Crippen LogP contribution in [0.2, 0.25) is 0 Å². The Morgan fingerprint density at radius 1 is 1.33 bits per heavy atom. The Labute approximate surface area is 107 Å². The van der Waals surface area contributed by atoms with E-state index < -0.39 is 0 Å². The van der Waals surface area contributed by atoms with E-state index in [-0.39, 0.29) is 19.3 Å². The van der Waals surface area contributed by atoms with E-state index in [1.54, 1.807) is 4.90 Å². The number of hydrogen-bond acceptors (Lipinski definition) is 5. The highest BCUT2D eigenvalue weighted by Crippen LogP contribution is 2.14. The maximum Gasteiger partial charge on any atom is 0.409 e. The lowest BCUT2D eigenvalue weighted by Gasteiger charge is -2.35. The largest absolute Gasteiger partial charge is 0.447 e. The van der Waals surface area contributed by atoms with Crippen molar-refractivity contribution in [2.45, 2.75) is 18.9 Å². The highest BCUT2D eigenvalue weighted by molar-refractivity contribution is 5.67. The van der Waals surface area contributed by atoms with Crippen molar-refractivity contribution in [2.75, 3.05) is 52.5 Å². The summed E-state index contributed by atoms with van der Waals surface area (Å²) in [6, 6.07) is 0. The number of amides is 1. The van der Waals surface area contributed by atoms with E-state index >= 15 is 0 Å². The molecule has 0 aromatic rings. The molecule has 0 aliphatic carbocycles. The van der Waals surface area contributed by atoms with Gasteiger partial charge in [-0.3, -0.25) is 4.90 Å². The summed E-state index contributed by atoms with van der Waals surface area (Å²) >= 11 is 0. The first-order valence-electron chi connectivity index (χ1n) is 6.66. The summed E-state index contributed by atoms with van der Waals surface area (Å²) in [5, 5.41) is 8.60. The second-order valence-electron chi connectivity index (χ2n) is 4.76. The first-order chi connectivity index (χ1) is 8.79. The predicted molar refractivity (Wildman–Crippen MR) is 65.4 cm³/mol. The Hall–Kier alpha value is -0.850. The van der Waals surface area contributed by atoms with E-state index in [9.17, 15) is 4.79 Å². The van der Waals surface area contributed by atoms with Crippen LogP contribution in [0.4, 0.5) is 4.79 Å². The lowest BCUT2D eigenvalue weighted by molar-refractivity contribution is 0.0395. The number of carbonyl (C=O) groups excluding carboxylic acids is 1. The first kappa shape index (κ1) is 13.6. The molecule has 6 nitrogen and oxygen atoms in total. The normalized spacial score (nSPS) is 25.4. The summed E-state index contributed by atoms with van der Waals surface area (Å²) in [5.74, 6) is 0. The Morgan fingerprint density at radius 3 is 2.72 bits per heavy atom. The molecule has 0 saturated carbocycles. The fourth-order valence-corrected chi connectivity index (χ4v) is 2.41. The van der Waals surface area contributed by atoms with E-state index in [2.05, 4.69) is 4.90 Å². The zero-order valence-corrected chi connectivity index (χ0v) is 10.7. The number of ether oxygens (including phenoxy) is 2. The van der Waals surface area contributed by atoms with Gasteiger partial charge in [-0.25, -0.2) is 4.79 Å². The van der Waals surface area contributed by atoms with Crippen molar-refractivity contribution in [3.8, 4) is 0 Å². The maximum absolute atomic E-state index is 11.6. The standard InChI is InChI=1S/C12H22N2O4/c15-7-9-18-12(16)14-5-3-13(4-6-14)10-11-2-1-8-17-11/h11,15H,1-10H2. The Bertz CT molecular complexity index is 261. The third kappa shape index (κ3) is 3.83. The van der Waals surface area contributed by atoms with Crippen LogP contribution in [0.1, 0.15) is 12.8 Å². The van der Waals surface area contributed by atoms with Gasteiger partial charge in [0, 0.05) is 39.3 Å². The third-order valence-corrected chi connectivity index (χ3v) is 3.43. The molecule has 6 heteroatoms. The lowest BCUT2D eigenvalue weighted by Crippen LogP contribution is -2.50. The van der Waals surface area contributed by atoms with Gasteiger partial charge < -0.3 is 19.5 Å². The molecule has 2 heterocycles. The van der Waals surface area contributed by atoms with Crippen molar-refractivity contribution < 1.29 is 19.4 Å². The van der Waals surface area contributed by atoms with Crippen LogP contribution >= 0.6 is 0 Å². The zero-order valence-electron chi connectivity index (χ0n) is 10.7. The van der Waals surface area contributed by atoms with Crippen LogP contribution in [0, 0.1) is 0 Å². The second kappa shape index (κ2) is 6.92. The SMILES string of the molecule is O=C(OCCO)N1CCN(CC2CCCO2)CC1. The number of hydrogen-bond donors (Lipinski definition) is 1. The highest BCUT2D eigenvalue weighted by Gasteiger charge is 2.25. The van der Waals surface area contributed by atoms with Crippen LogP contribution < -0.4 is 0 Å². The fraction of sp³-hybridized carbons (Fsp3) is 0.917. The summed E-state index contributed by atoms with van der Waals surface area (Å²) in [7, 11) is 0. The van der Waals surface area contributed by atoms with Gasteiger partial charge in [0.25, 0.3) is 0 Å². The maximum atomic E-state index is 11.6. The highest BCUT2D eigenvalue weighted by atomic mass is 16.6. The minimum absolute atomic E-state index is 0.0783. The van der Waals surface area contributed by atoms with Crippen LogP contribution in [0.25, 0.3) is 0 Å². The summed E-state index contributed by atoms with van der Waals surface area (Å²) in [4.78, 5) is 15.6. The average molecular weight is 258 g/mol. The molecule has 2 saturated heterocycles. The molecule has 2 fully saturated rings. The Morgan fingerprint density at radius 2 is 2.11 bits per heavy atom. The minimum atomic E-state index is -0.319. The average Bonchev–Trinajstić information content (AvgIpc) is 2.89. The second-order valence-corrected chi connectivity index (χ2v) is 4.76. The van der Waals surface area contributed by atoms with Crippen molar-refractivity contribution in [1.82, 2.24) is 9.80 Å². The van der Waals surface area contributed by atoms with E-state index in [1.165, 1.54) is 0 Å². The first-order valence-corrected chi connectivity index (χ1v) is 6.66. The molecule has 1 unspecified atom stereocenters. The van der Waals surface area contributed by atoms with Crippen molar-refractivity contribution >= 4 is 6.09 Å². The zero-order chi connectivity index (χ0) is 12.8. The summed E-state index contributed by atoms with van der Waals surface area (Å²) < 4.78 is 10.5. The third-order valence-electron chi connectivity index (χ3n) is 3.43. The van der Waals surface area contributed by atoms with Crippen molar-refractivity contribution in [3.05, 3.63) is 0 Å². The molecule has 1 N–H and O–H groups in total. The number of aliphatic hydroxyl groups is 1. The molecular formula is C12H22N2O4. The van der Waals surface area contributed by atoms with E-state index in [0.29, 0.717) is 19.2 Å². The van der Waals surface area contributed by atoms with Gasteiger partial charge in [0.15, 0.2) is 0 Å². The van der Waals surface area contributed by atoms with Crippen LogP contribution in [-0.4, -0.2) is 79.6 Å². The van der Waals surface area contributed by atoms with Crippen molar-refractivity contribution in [2.24, 2.45) is 0 Å². The van der Waals surface area contributed by atoms with Gasteiger partial charge in [0.1, 0.15) is 6.61 Å². The van der Waals surface area contributed by atoms with Crippen molar-refractivity contribution in [3.63, 3.8) is 0 Å². The molecule has 18 heavy (non-hydrogen) atoms. The quantitative estimate of drug-likeness (QED) is 0.763. The fourth-order valence-electron chi connectivity index (χ4n) is 2.41. The monoisotopic (exact) mass is 258 g/mol. The molecule has 104 valence electrons. The Kier molecular flexibility index (Phi) is 5.22. The van der Waals surface area contributed by atoms with E-state index in [1.807, 2.05) is 0 Å². The molecule has 0 spiro atoms. The van der Waals surface area contributed by atoms with E-state index in [4.69, 9.17) is 14.6 Å². The number of carbonyl (C=O) groups is 1. The number of piperazine rings is 1.